The maximum absolute atomic E-state index is 12.1. The number of hydrogen-bond donors (Lipinski definition) is 1. The summed E-state index contributed by atoms with van der Waals surface area (Å²) >= 11 is 6.06. The fourth-order valence-electron chi connectivity index (χ4n) is 2.60. The fourth-order valence-corrected chi connectivity index (χ4v) is 2.85. The van der Waals surface area contributed by atoms with Crippen LogP contribution in [-0.2, 0) is 14.3 Å². The molecule has 1 heterocycles. The second-order valence-electron chi connectivity index (χ2n) is 6.14. The van der Waals surface area contributed by atoms with Crippen LogP contribution in [0.1, 0.15) is 0 Å². The Bertz CT molecular complexity index is 1170. The number of ether oxygens (including phenoxy) is 4. The van der Waals surface area contributed by atoms with Crippen LogP contribution in [0.2, 0.25) is 5.02 Å². The van der Waals surface area contributed by atoms with Crippen LogP contribution in [0, 0.1) is 0 Å². The number of methoxy groups -OCH3 is 2. The molecule has 1 amide bonds. The van der Waals surface area contributed by atoms with Crippen molar-refractivity contribution in [3.8, 4) is 17.2 Å². The number of hydrogen-bond acceptors (Lipinski definition) is 8. The molecule has 0 saturated carbocycles. The minimum Gasteiger partial charge on any atom is -0.495 e. The highest BCUT2D eigenvalue weighted by atomic mass is 35.5. The number of carbonyl (C=O) groups excluding carboxylic acids is 2. The first kappa shape index (κ1) is 22.0. The summed E-state index contributed by atoms with van der Waals surface area (Å²) in [6.07, 6.45) is 0. The molecule has 0 radical (unpaired) electrons. The summed E-state index contributed by atoms with van der Waals surface area (Å²) in [6, 6.07) is 10.7. The van der Waals surface area contributed by atoms with Crippen LogP contribution < -0.4 is 25.2 Å². The average molecular weight is 448 g/mol. The number of nitrogens with one attached hydrogen (secondary N) is 1. The number of halogens is 1. The zero-order chi connectivity index (χ0) is 22.4. The van der Waals surface area contributed by atoms with Crippen molar-refractivity contribution in [2.24, 2.45) is 0 Å². The third-order valence-electron chi connectivity index (χ3n) is 4.06. The van der Waals surface area contributed by atoms with Crippen LogP contribution in [0.5, 0.6) is 17.2 Å². The van der Waals surface area contributed by atoms with E-state index in [0.717, 1.165) is 0 Å². The van der Waals surface area contributed by atoms with E-state index >= 15 is 0 Å². The predicted molar refractivity (Wildman–Crippen MR) is 112 cm³/mol. The molecule has 0 saturated heterocycles. The van der Waals surface area contributed by atoms with Crippen LogP contribution in [0.15, 0.2) is 51.7 Å². The maximum Gasteiger partial charge on any atom is 0.344 e. The molecule has 0 atom stereocenters. The summed E-state index contributed by atoms with van der Waals surface area (Å²) in [4.78, 5) is 35.3. The van der Waals surface area contributed by atoms with Crippen LogP contribution in [0.4, 0.5) is 5.69 Å². The van der Waals surface area contributed by atoms with Gasteiger partial charge in [-0.05, 0) is 24.3 Å². The molecule has 31 heavy (non-hydrogen) atoms. The second kappa shape index (κ2) is 9.86. The van der Waals surface area contributed by atoms with Gasteiger partial charge in [0, 0.05) is 23.6 Å². The molecule has 1 aromatic heterocycles. The Morgan fingerprint density at radius 1 is 1.00 bits per heavy atom. The summed E-state index contributed by atoms with van der Waals surface area (Å²) in [5.41, 5.74) is 0.123. The largest absolute Gasteiger partial charge is 0.495 e. The smallest absolute Gasteiger partial charge is 0.344 e. The molecule has 10 heteroatoms. The molecule has 0 aliphatic rings. The van der Waals surface area contributed by atoms with E-state index < -0.39 is 30.7 Å². The monoisotopic (exact) mass is 447 g/mol. The Balaban J connectivity index is 1.52. The van der Waals surface area contributed by atoms with Crippen LogP contribution >= 0.6 is 11.6 Å². The number of anilines is 1. The van der Waals surface area contributed by atoms with Gasteiger partial charge in [-0.15, -0.1) is 0 Å². The van der Waals surface area contributed by atoms with Gasteiger partial charge in [0.1, 0.15) is 22.8 Å². The standard InChI is InChI=1S/C21H18ClNO8/c1-27-17-9-18(28-2)15(8-14(17)22)23-19(24)10-30-21(26)11-29-13-5-3-12-4-6-20(25)31-16(12)7-13/h3-9H,10-11H2,1-2H3,(H,23,24). The van der Waals surface area contributed by atoms with E-state index in [9.17, 15) is 14.4 Å². The SMILES string of the molecule is COc1cc(OC)c(NC(=O)COC(=O)COc2ccc3ccc(=O)oc3c2)cc1Cl. The molecule has 162 valence electrons. The van der Waals surface area contributed by atoms with Gasteiger partial charge >= 0.3 is 11.6 Å². The number of carbonyl (C=O) groups is 2. The molecule has 0 aliphatic carbocycles. The average Bonchev–Trinajstić information content (AvgIpc) is 2.76. The Morgan fingerprint density at radius 3 is 2.48 bits per heavy atom. The fraction of sp³-hybridized carbons (Fsp3) is 0.190. The Labute approximate surface area is 181 Å². The molecule has 0 spiro atoms. The molecule has 0 bridgehead atoms. The Hall–Kier alpha value is -3.72. The van der Waals surface area contributed by atoms with Gasteiger partial charge in [-0.3, -0.25) is 4.79 Å². The first-order valence-electron chi connectivity index (χ1n) is 8.93. The summed E-state index contributed by atoms with van der Waals surface area (Å²) in [5.74, 6) is -0.342. The van der Waals surface area contributed by atoms with E-state index in [2.05, 4.69) is 5.32 Å². The normalized spacial score (nSPS) is 10.4. The highest BCUT2D eigenvalue weighted by molar-refractivity contribution is 6.32. The summed E-state index contributed by atoms with van der Waals surface area (Å²) in [6.45, 7) is -0.977. The highest BCUT2D eigenvalue weighted by Gasteiger charge is 2.14. The summed E-state index contributed by atoms with van der Waals surface area (Å²) < 4.78 is 25.6. The van der Waals surface area contributed by atoms with Crippen LogP contribution in [-0.4, -0.2) is 39.3 Å². The molecule has 3 aromatic rings. The Morgan fingerprint density at radius 2 is 1.74 bits per heavy atom. The molecule has 0 aliphatic heterocycles. The van der Waals surface area contributed by atoms with Crippen molar-refractivity contribution in [3.05, 3.63) is 57.9 Å². The van der Waals surface area contributed by atoms with Gasteiger partial charge in [0.15, 0.2) is 13.2 Å². The lowest BCUT2D eigenvalue weighted by molar-refractivity contribution is -0.149. The van der Waals surface area contributed by atoms with Gasteiger partial charge in [0.2, 0.25) is 0 Å². The van der Waals surface area contributed by atoms with Gasteiger partial charge in [0.05, 0.1) is 24.9 Å². The molecule has 0 fully saturated rings. The second-order valence-corrected chi connectivity index (χ2v) is 6.55. The Kier molecular flexibility index (Phi) is 6.99. The lowest BCUT2D eigenvalue weighted by atomic mass is 10.2. The van der Waals surface area contributed by atoms with Gasteiger partial charge in [0.25, 0.3) is 5.91 Å². The van der Waals surface area contributed by atoms with Crippen LogP contribution in [0.3, 0.4) is 0 Å². The van der Waals surface area contributed by atoms with Crippen LogP contribution in [0.25, 0.3) is 11.0 Å². The molecular formula is C21H18ClNO8. The van der Waals surface area contributed by atoms with Crippen molar-refractivity contribution in [1.29, 1.82) is 0 Å². The summed E-state index contributed by atoms with van der Waals surface area (Å²) in [5, 5.41) is 3.53. The maximum atomic E-state index is 12.1. The predicted octanol–water partition coefficient (Wildman–Crippen LogP) is 3.02. The van der Waals surface area contributed by atoms with Crippen molar-refractivity contribution >= 4 is 40.1 Å². The molecular weight excluding hydrogens is 430 g/mol. The third-order valence-corrected chi connectivity index (χ3v) is 4.36. The number of amides is 1. The van der Waals surface area contributed by atoms with Gasteiger partial charge in [-0.1, -0.05) is 11.6 Å². The van der Waals surface area contributed by atoms with E-state index in [-0.39, 0.29) is 5.02 Å². The van der Waals surface area contributed by atoms with Crippen molar-refractivity contribution < 1.29 is 33.0 Å². The lowest BCUT2D eigenvalue weighted by Gasteiger charge is -2.13. The molecule has 9 nitrogen and oxygen atoms in total. The van der Waals surface area contributed by atoms with E-state index in [0.29, 0.717) is 33.9 Å². The zero-order valence-corrected chi connectivity index (χ0v) is 17.4. The number of esters is 1. The topological polar surface area (TPSA) is 113 Å². The van der Waals surface area contributed by atoms with Crippen molar-refractivity contribution in [2.75, 3.05) is 32.8 Å². The third kappa shape index (κ3) is 5.67. The molecule has 3 rings (SSSR count). The quantitative estimate of drug-likeness (QED) is 0.414. The zero-order valence-electron chi connectivity index (χ0n) is 16.6. The lowest BCUT2D eigenvalue weighted by Crippen LogP contribution is -2.23. The van der Waals surface area contributed by atoms with Gasteiger partial charge < -0.3 is 28.7 Å². The van der Waals surface area contributed by atoms with Gasteiger partial charge in [-0.2, -0.15) is 0 Å². The van der Waals surface area contributed by atoms with Gasteiger partial charge in [-0.25, -0.2) is 9.59 Å². The van der Waals surface area contributed by atoms with Crippen molar-refractivity contribution in [3.63, 3.8) is 0 Å². The number of benzene rings is 2. The summed E-state index contributed by atoms with van der Waals surface area (Å²) in [7, 11) is 2.88. The minimum atomic E-state index is -0.760. The van der Waals surface area contributed by atoms with E-state index in [1.54, 1.807) is 18.2 Å². The first-order chi connectivity index (χ1) is 14.9. The molecule has 2 aromatic carbocycles. The molecule has 0 unspecified atom stereocenters. The number of rotatable bonds is 8. The van der Waals surface area contributed by atoms with Crippen molar-refractivity contribution in [2.45, 2.75) is 0 Å². The van der Waals surface area contributed by atoms with E-state index in [1.165, 1.54) is 38.5 Å². The number of fused-ring (bicyclic) bond motifs is 1. The van der Waals surface area contributed by atoms with E-state index in [1.807, 2.05) is 0 Å². The highest BCUT2D eigenvalue weighted by Crippen LogP contribution is 2.35. The van der Waals surface area contributed by atoms with Crippen molar-refractivity contribution in [1.82, 2.24) is 0 Å². The first-order valence-corrected chi connectivity index (χ1v) is 9.31. The molecule has 1 N–H and O–H groups in total. The minimum absolute atomic E-state index is 0.273. The van der Waals surface area contributed by atoms with E-state index in [4.69, 9.17) is 35.0 Å².